The van der Waals surface area contributed by atoms with Crippen LogP contribution in [0, 0.1) is 23.7 Å². The molecule has 6 unspecified atom stereocenters. The third-order valence-corrected chi connectivity index (χ3v) is 16.1. The molecular weight excluding hydrogens is 835 g/mol. The van der Waals surface area contributed by atoms with Crippen LogP contribution in [-0.4, -0.2) is 102 Å². The first-order chi connectivity index (χ1) is 31.8. The van der Waals surface area contributed by atoms with E-state index in [0.717, 1.165) is 99.6 Å². The minimum atomic E-state index is -2.53. The maximum atomic E-state index is 15.0. The number of rotatable bonds is 22. The van der Waals surface area contributed by atoms with Gasteiger partial charge in [0.15, 0.2) is 0 Å². The molecule has 2 aliphatic heterocycles. The van der Waals surface area contributed by atoms with E-state index >= 15 is 0 Å². The van der Waals surface area contributed by atoms with Crippen molar-refractivity contribution < 1.29 is 32.2 Å². The highest BCUT2D eigenvalue weighted by Crippen LogP contribution is 2.48. The average molecular weight is 919 g/mol. The number of allylic oxidation sites excluding steroid dienone is 7. The second-order valence-electron chi connectivity index (χ2n) is 20.6. The van der Waals surface area contributed by atoms with E-state index in [-0.39, 0.29) is 69.0 Å². The molecular formula is C54H84F2N6O4. The van der Waals surface area contributed by atoms with Crippen molar-refractivity contribution >= 4 is 29.6 Å². The lowest BCUT2D eigenvalue weighted by Gasteiger charge is -2.41. The Bertz CT molecular complexity index is 2030. The Labute approximate surface area is 398 Å². The van der Waals surface area contributed by atoms with Crippen molar-refractivity contribution in [1.29, 1.82) is 0 Å². The summed E-state index contributed by atoms with van der Waals surface area (Å²) in [5.41, 5.74) is 7.99. The number of nitrogens with one attached hydrogen (secondary N) is 2. The fourth-order valence-corrected chi connectivity index (χ4v) is 12.2. The fourth-order valence-electron chi connectivity index (χ4n) is 12.2. The van der Waals surface area contributed by atoms with Crippen molar-refractivity contribution in [3.8, 4) is 0 Å². The number of hydrogen-bond acceptors (Lipinski definition) is 8. The number of ketones is 2. The van der Waals surface area contributed by atoms with Crippen LogP contribution in [0.1, 0.15) is 160 Å². The highest BCUT2D eigenvalue weighted by Gasteiger charge is 2.40. The molecule has 0 saturated heterocycles. The van der Waals surface area contributed by atoms with Gasteiger partial charge in [-0.1, -0.05) is 63.0 Å². The second-order valence-corrected chi connectivity index (χ2v) is 20.6. The van der Waals surface area contributed by atoms with Gasteiger partial charge in [-0.3, -0.25) is 19.4 Å². The molecule has 10 nitrogen and oxygen atoms in total. The van der Waals surface area contributed by atoms with Gasteiger partial charge in [0, 0.05) is 90.4 Å². The summed E-state index contributed by atoms with van der Waals surface area (Å²) >= 11 is 0. The first-order valence-corrected chi connectivity index (χ1v) is 25.7. The number of carbonyl (C=O) groups is 4. The van der Waals surface area contributed by atoms with Crippen molar-refractivity contribution in [2.75, 3.05) is 33.2 Å². The van der Waals surface area contributed by atoms with Gasteiger partial charge >= 0.3 is 0 Å². The zero-order valence-corrected chi connectivity index (χ0v) is 40.5. The number of Topliss-reactive ketones (excluding diaryl/α,β-unsaturated/α-hetero) is 2. The van der Waals surface area contributed by atoms with E-state index in [1.54, 1.807) is 18.7 Å². The van der Waals surface area contributed by atoms with E-state index in [2.05, 4.69) is 40.3 Å². The van der Waals surface area contributed by atoms with Crippen LogP contribution >= 0.6 is 0 Å². The third-order valence-electron chi connectivity index (χ3n) is 16.1. The van der Waals surface area contributed by atoms with Crippen molar-refractivity contribution in [3.63, 3.8) is 0 Å². The molecule has 2 N–H and O–H groups in total. The van der Waals surface area contributed by atoms with Crippen LogP contribution in [0.3, 0.4) is 0 Å². The van der Waals surface area contributed by atoms with Crippen molar-refractivity contribution in [2.45, 2.75) is 180 Å². The highest BCUT2D eigenvalue weighted by molar-refractivity contribution is 6.03. The first-order valence-electron chi connectivity index (χ1n) is 25.7. The summed E-state index contributed by atoms with van der Waals surface area (Å²) in [4.78, 5) is 54.6. The van der Waals surface area contributed by atoms with Crippen LogP contribution in [0.4, 0.5) is 8.78 Å². The Morgan fingerprint density at radius 1 is 0.985 bits per heavy atom. The summed E-state index contributed by atoms with van der Waals surface area (Å²) in [7, 11) is 2.26. The zero-order valence-electron chi connectivity index (χ0n) is 40.5. The number of unbranched alkanes of at least 4 members (excludes halogenated alkanes) is 2. The summed E-state index contributed by atoms with van der Waals surface area (Å²) in [6, 6.07) is 0.627. The van der Waals surface area contributed by atoms with E-state index in [9.17, 15) is 28.0 Å². The van der Waals surface area contributed by atoms with Crippen LogP contribution in [0.25, 0.3) is 0 Å². The second kappa shape index (κ2) is 23.2. The van der Waals surface area contributed by atoms with Gasteiger partial charge in [0.25, 0.3) is 12.3 Å². The first kappa shape index (κ1) is 49.7. The molecule has 0 aromatic rings. The predicted molar refractivity (Wildman–Crippen MR) is 265 cm³/mol. The van der Waals surface area contributed by atoms with Crippen LogP contribution in [0.15, 0.2) is 74.7 Å². The SMILES string of the molecule is C=C1C2=C(C=CC(NCCCCCC(=O)NCCN3CC(C4CC5=C(C=C4C(F)F)C(CC4=C(N(C)C6CCCCC6)CCC(C(C)=O)C4)CCC5)C=N3)C2)C(=O)N1C(CC)CCC(C)=O.[HH].[HH].[HH]. The predicted octanol–water partition coefficient (Wildman–Crippen LogP) is 10.6. The summed E-state index contributed by atoms with van der Waals surface area (Å²) in [5, 5.41) is 13.2. The Kier molecular flexibility index (Phi) is 17.5. The number of amides is 2. The van der Waals surface area contributed by atoms with Crippen molar-refractivity contribution in [3.05, 3.63) is 69.6 Å². The third kappa shape index (κ3) is 12.1. The number of nitrogens with zero attached hydrogens (tertiary/aromatic N) is 4. The lowest BCUT2D eigenvalue weighted by molar-refractivity contribution is -0.126. The summed E-state index contributed by atoms with van der Waals surface area (Å²) < 4.78 is 30.0. The molecule has 6 atom stereocenters. The molecule has 0 aromatic heterocycles. The van der Waals surface area contributed by atoms with Crippen LogP contribution in [0.2, 0.25) is 0 Å². The van der Waals surface area contributed by atoms with Gasteiger partial charge in [0.05, 0.1) is 6.54 Å². The van der Waals surface area contributed by atoms with Gasteiger partial charge in [-0.25, -0.2) is 8.78 Å². The molecule has 7 aliphatic rings. The standard InChI is InChI=1S/C54H78F2N6O4.3H2/c1-6-44(22-19-35(2)63)62-36(3)47-31-43(21-23-46(47)54(62)66)57-25-12-8-11-18-52(65)58-26-27-61-34-42(33-59-61)49-30-40-15-13-14-39(48(40)32-50(49)53(55)56)29-41-28-38(37(4)64)20-24-51(41)60(5)45-16-9-7-10-17-45;;;/h21,23,32-33,38-39,42-45,49,53,57H,3,6-20,22,24-31,34H2,1-2,4-5H3,(H,58,65);3*1H. The zero-order chi connectivity index (χ0) is 46.9. The molecule has 0 radical (unpaired) electrons. The van der Waals surface area contributed by atoms with Crippen molar-refractivity contribution in [1.82, 2.24) is 25.4 Å². The minimum Gasteiger partial charge on any atom is -0.375 e. The molecule has 1 fully saturated rings. The molecule has 0 aromatic carbocycles. The van der Waals surface area contributed by atoms with E-state index in [1.165, 1.54) is 48.9 Å². The largest absolute Gasteiger partial charge is 0.375 e. The number of halogens is 2. The van der Waals surface area contributed by atoms with Gasteiger partial charge in [-0.05, 0) is 151 Å². The maximum Gasteiger partial charge on any atom is 0.260 e. The van der Waals surface area contributed by atoms with Gasteiger partial charge in [-0.15, -0.1) is 0 Å². The van der Waals surface area contributed by atoms with Gasteiger partial charge in [0.2, 0.25) is 5.91 Å². The van der Waals surface area contributed by atoms with Crippen LogP contribution < -0.4 is 10.6 Å². The maximum absolute atomic E-state index is 15.0. The Morgan fingerprint density at radius 3 is 2.53 bits per heavy atom. The van der Waals surface area contributed by atoms with Crippen molar-refractivity contribution in [2.24, 2.45) is 28.8 Å². The summed E-state index contributed by atoms with van der Waals surface area (Å²) in [5.74, 6) is 0.266. The Hall–Kier alpha value is -4.19. The number of hydrazone groups is 1. The van der Waals surface area contributed by atoms with E-state index < -0.39 is 6.43 Å². The monoisotopic (exact) mass is 919 g/mol. The van der Waals surface area contributed by atoms with E-state index in [0.29, 0.717) is 57.8 Å². The molecule has 2 heterocycles. The molecule has 5 aliphatic carbocycles. The molecule has 2 amide bonds. The van der Waals surface area contributed by atoms with Crippen LogP contribution in [0.5, 0.6) is 0 Å². The van der Waals surface area contributed by atoms with E-state index in [4.69, 9.17) is 0 Å². The van der Waals surface area contributed by atoms with E-state index in [1.807, 2.05) is 30.3 Å². The fraction of sp³-hybridized carbons (Fsp3) is 0.685. The molecule has 66 heavy (non-hydrogen) atoms. The molecule has 12 heteroatoms. The Balaban J connectivity index is 0.00000346. The molecule has 0 bridgehead atoms. The Morgan fingerprint density at radius 2 is 1.79 bits per heavy atom. The molecule has 7 rings (SSSR count). The highest BCUT2D eigenvalue weighted by atomic mass is 19.3. The lowest BCUT2D eigenvalue weighted by atomic mass is 9.68. The van der Waals surface area contributed by atoms with Gasteiger partial charge in [-0.2, -0.15) is 5.10 Å². The number of hydrogen-bond donors (Lipinski definition) is 2. The molecule has 1 saturated carbocycles. The number of carbonyl (C=O) groups excluding carboxylic acids is 4. The lowest BCUT2D eigenvalue weighted by Crippen LogP contribution is -2.36. The quantitative estimate of drug-likeness (QED) is 0.104. The van der Waals surface area contributed by atoms with Gasteiger partial charge in [0.1, 0.15) is 11.6 Å². The normalized spacial score (nSPS) is 26.3. The average Bonchev–Trinajstić information content (AvgIpc) is 3.88. The van der Waals surface area contributed by atoms with Crippen LogP contribution in [-0.2, 0) is 19.2 Å². The topological polar surface area (TPSA) is 114 Å². The summed E-state index contributed by atoms with van der Waals surface area (Å²) in [6.07, 6.45) is 24.3. The number of alkyl halides is 2. The van der Waals surface area contributed by atoms with Gasteiger partial charge < -0.3 is 25.2 Å². The molecule has 0 spiro atoms. The summed E-state index contributed by atoms with van der Waals surface area (Å²) in [6.45, 7) is 12.0. The smallest absolute Gasteiger partial charge is 0.260 e. The minimum absolute atomic E-state index is 0. The molecule has 368 valence electrons.